The molecule has 7 nitrogen and oxygen atoms in total. The number of likely N-dealkylation sites (N-methyl/N-ethyl adjacent to an activating group) is 1. The highest BCUT2D eigenvalue weighted by Crippen LogP contribution is 2.23. The number of ketones is 1. The van der Waals surface area contributed by atoms with Gasteiger partial charge in [0.1, 0.15) is 12.3 Å². The number of phenolic OH excluding ortho intramolecular Hbond substituents is 1. The molecule has 1 saturated heterocycles. The second-order valence-corrected chi connectivity index (χ2v) is 9.60. The van der Waals surface area contributed by atoms with Gasteiger partial charge in [0.05, 0.1) is 4.90 Å². The molecule has 1 aliphatic rings. The molecular weight excluding hydrogens is 426 g/mol. The first-order valence-corrected chi connectivity index (χ1v) is 11.3. The number of Topliss-reactive ketones (excluding diaryl/α,β-unsaturated/α-hetero) is 1. The quantitative estimate of drug-likeness (QED) is 0.541. The Morgan fingerprint density at radius 2 is 1.83 bits per heavy atom. The lowest BCUT2D eigenvalue weighted by Gasteiger charge is -2.31. The number of sulfonamides is 1. The highest BCUT2D eigenvalue weighted by atomic mass is 35.5. The fraction of sp³-hybridized carbons (Fsp3) is 0.333. The summed E-state index contributed by atoms with van der Waals surface area (Å²) in [5.74, 6) is -0.292. The van der Waals surface area contributed by atoms with E-state index in [0.717, 1.165) is 0 Å². The van der Waals surface area contributed by atoms with Crippen molar-refractivity contribution in [2.24, 2.45) is 4.99 Å². The number of carbonyl (C=O) groups is 1. The van der Waals surface area contributed by atoms with E-state index < -0.39 is 10.0 Å². The minimum absolute atomic E-state index is 0.0216. The number of carbonyl (C=O) groups excluding carboxylic acids is 1. The number of nitrogens with zero attached hydrogens (tertiary/aromatic N) is 3. The number of hydrogen-bond donors (Lipinski definition) is 1. The van der Waals surface area contributed by atoms with Crippen LogP contribution < -0.4 is 0 Å². The van der Waals surface area contributed by atoms with Crippen LogP contribution in [0.5, 0.6) is 5.75 Å². The van der Waals surface area contributed by atoms with Crippen LogP contribution in [0, 0.1) is 0 Å². The summed E-state index contributed by atoms with van der Waals surface area (Å²) in [6, 6.07) is 10.6. The van der Waals surface area contributed by atoms with Gasteiger partial charge in [0, 0.05) is 48.0 Å². The Kier molecular flexibility index (Phi) is 6.92. The average Bonchev–Trinajstić information content (AvgIpc) is 2.74. The Hall–Kier alpha value is -2.26. The monoisotopic (exact) mass is 449 g/mol. The fourth-order valence-electron chi connectivity index (χ4n) is 3.17. The highest BCUT2D eigenvalue weighted by molar-refractivity contribution is 7.89. The number of aliphatic imine (C=N–C) groups is 1. The van der Waals surface area contributed by atoms with E-state index in [1.165, 1.54) is 22.5 Å². The molecule has 1 heterocycles. The Balaban J connectivity index is 1.77. The largest absolute Gasteiger partial charge is 0.507 e. The highest BCUT2D eigenvalue weighted by Gasteiger charge is 2.27. The molecule has 1 N–H and O–H groups in total. The second kappa shape index (κ2) is 9.26. The molecule has 0 radical (unpaired) electrons. The lowest BCUT2D eigenvalue weighted by Crippen LogP contribution is -2.47. The third-order valence-electron chi connectivity index (χ3n) is 5.06. The lowest BCUT2D eigenvalue weighted by molar-refractivity contribution is 0.100. The van der Waals surface area contributed by atoms with Gasteiger partial charge in [-0.25, -0.2) is 8.42 Å². The van der Waals surface area contributed by atoms with Gasteiger partial charge in [-0.05, 0) is 44.3 Å². The molecule has 0 bridgehead atoms. The van der Waals surface area contributed by atoms with Gasteiger partial charge in [0.2, 0.25) is 10.0 Å². The SMILES string of the molecule is CC(=NCC(=O)c1cccc(S(=O)(=O)N2CCN(C)CC2)c1)c1cc(Cl)ccc1O. The van der Waals surface area contributed by atoms with Crippen molar-refractivity contribution in [2.45, 2.75) is 11.8 Å². The molecule has 1 fully saturated rings. The van der Waals surface area contributed by atoms with Gasteiger partial charge in [-0.2, -0.15) is 4.31 Å². The van der Waals surface area contributed by atoms with Gasteiger partial charge in [-0.3, -0.25) is 9.79 Å². The summed E-state index contributed by atoms with van der Waals surface area (Å²) in [6.07, 6.45) is 0. The molecule has 0 unspecified atom stereocenters. The first-order chi connectivity index (χ1) is 14.2. The molecule has 160 valence electrons. The van der Waals surface area contributed by atoms with Crippen LogP contribution in [-0.2, 0) is 10.0 Å². The molecule has 0 saturated carbocycles. The van der Waals surface area contributed by atoms with Crippen molar-refractivity contribution in [3.63, 3.8) is 0 Å². The second-order valence-electron chi connectivity index (χ2n) is 7.22. The molecule has 2 aromatic carbocycles. The van der Waals surface area contributed by atoms with Crippen LogP contribution in [0.3, 0.4) is 0 Å². The Bertz CT molecular complexity index is 1080. The number of halogens is 1. The van der Waals surface area contributed by atoms with Crippen molar-refractivity contribution < 1.29 is 18.3 Å². The molecule has 2 aromatic rings. The van der Waals surface area contributed by atoms with Crippen molar-refractivity contribution in [3.8, 4) is 5.75 Å². The van der Waals surface area contributed by atoms with Crippen molar-refractivity contribution in [1.29, 1.82) is 0 Å². The molecule has 9 heteroatoms. The van der Waals surface area contributed by atoms with Crippen LogP contribution >= 0.6 is 11.6 Å². The van der Waals surface area contributed by atoms with Crippen molar-refractivity contribution in [1.82, 2.24) is 9.21 Å². The van der Waals surface area contributed by atoms with E-state index in [-0.39, 0.29) is 28.5 Å². The summed E-state index contributed by atoms with van der Waals surface area (Å²) in [6.45, 7) is 3.68. The van der Waals surface area contributed by atoms with E-state index in [1.807, 2.05) is 7.05 Å². The molecule has 30 heavy (non-hydrogen) atoms. The lowest BCUT2D eigenvalue weighted by atomic mass is 10.1. The number of benzene rings is 2. The maximum atomic E-state index is 12.9. The van der Waals surface area contributed by atoms with Crippen LogP contribution in [-0.4, -0.2) is 74.0 Å². The Morgan fingerprint density at radius 3 is 2.53 bits per heavy atom. The summed E-state index contributed by atoms with van der Waals surface area (Å²) in [7, 11) is -1.70. The maximum absolute atomic E-state index is 12.9. The third kappa shape index (κ3) is 5.07. The van der Waals surface area contributed by atoms with Gasteiger partial charge in [0.25, 0.3) is 0 Å². The smallest absolute Gasteiger partial charge is 0.243 e. The molecule has 0 spiro atoms. The summed E-state index contributed by atoms with van der Waals surface area (Å²) < 4.78 is 27.3. The number of hydrogen-bond acceptors (Lipinski definition) is 6. The predicted octanol–water partition coefficient (Wildman–Crippen LogP) is 2.67. The first-order valence-electron chi connectivity index (χ1n) is 9.50. The number of aromatic hydroxyl groups is 1. The van der Waals surface area contributed by atoms with Gasteiger partial charge >= 0.3 is 0 Å². The van der Waals surface area contributed by atoms with Gasteiger partial charge in [0.15, 0.2) is 5.78 Å². The standard InChI is InChI=1S/C21H24ClN3O4S/c1-15(19-13-17(22)6-7-20(19)26)23-14-21(27)16-4-3-5-18(12-16)30(28,29)25-10-8-24(2)9-11-25/h3-7,12-13,26H,8-11,14H2,1-2H3. The Labute approximate surface area is 181 Å². The first kappa shape index (κ1) is 22.4. The number of phenols is 1. The predicted molar refractivity (Wildman–Crippen MR) is 117 cm³/mol. The van der Waals surface area contributed by atoms with Gasteiger partial charge in [-0.15, -0.1) is 0 Å². The van der Waals surface area contributed by atoms with E-state index >= 15 is 0 Å². The molecule has 0 aliphatic carbocycles. The topological polar surface area (TPSA) is 90.3 Å². The maximum Gasteiger partial charge on any atom is 0.243 e. The average molecular weight is 450 g/mol. The summed E-state index contributed by atoms with van der Waals surface area (Å²) in [5.41, 5.74) is 1.18. The third-order valence-corrected chi connectivity index (χ3v) is 7.19. The minimum atomic E-state index is -3.66. The minimum Gasteiger partial charge on any atom is -0.507 e. The van der Waals surface area contributed by atoms with E-state index in [0.29, 0.717) is 42.5 Å². The van der Waals surface area contributed by atoms with Crippen LogP contribution in [0.2, 0.25) is 5.02 Å². The van der Waals surface area contributed by atoms with Crippen LogP contribution in [0.1, 0.15) is 22.8 Å². The fourth-order valence-corrected chi connectivity index (χ4v) is 4.81. The van der Waals surface area contributed by atoms with Crippen molar-refractivity contribution in [3.05, 3.63) is 58.6 Å². The summed E-state index contributed by atoms with van der Waals surface area (Å²) in [5, 5.41) is 10.4. The zero-order valence-electron chi connectivity index (χ0n) is 16.9. The van der Waals surface area contributed by atoms with Crippen molar-refractivity contribution in [2.75, 3.05) is 39.8 Å². The number of piperazine rings is 1. The molecule has 0 aromatic heterocycles. The van der Waals surface area contributed by atoms with Crippen LogP contribution in [0.15, 0.2) is 52.4 Å². The summed E-state index contributed by atoms with van der Waals surface area (Å²) >= 11 is 5.96. The van der Waals surface area contributed by atoms with E-state index in [1.54, 1.807) is 31.2 Å². The van der Waals surface area contributed by atoms with Crippen LogP contribution in [0.4, 0.5) is 0 Å². The molecule has 0 atom stereocenters. The zero-order chi connectivity index (χ0) is 21.9. The molecular formula is C21H24ClN3O4S. The van der Waals surface area contributed by atoms with E-state index in [4.69, 9.17) is 11.6 Å². The van der Waals surface area contributed by atoms with Gasteiger partial charge < -0.3 is 10.0 Å². The normalized spacial score (nSPS) is 16.6. The van der Waals surface area contributed by atoms with E-state index in [9.17, 15) is 18.3 Å². The van der Waals surface area contributed by atoms with Gasteiger partial charge in [-0.1, -0.05) is 23.7 Å². The molecule has 0 amide bonds. The van der Waals surface area contributed by atoms with Crippen LogP contribution in [0.25, 0.3) is 0 Å². The summed E-state index contributed by atoms with van der Waals surface area (Å²) in [4.78, 5) is 19.0. The zero-order valence-corrected chi connectivity index (χ0v) is 18.4. The van der Waals surface area contributed by atoms with E-state index in [2.05, 4.69) is 9.89 Å². The molecule has 3 rings (SSSR count). The van der Waals surface area contributed by atoms with Crippen molar-refractivity contribution >= 4 is 33.1 Å². The Morgan fingerprint density at radius 1 is 1.13 bits per heavy atom. The number of rotatable bonds is 6. The molecule has 1 aliphatic heterocycles.